The zero-order valence-electron chi connectivity index (χ0n) is 17.5. The third-order valence-corrected chi connectivity index (χ3v) is 5.40. The van der Waals surface area contributed by atoms with Crippen LogP contribution in [0.25, 0.3) is 0 Å². The predicted molar refractivity (Wildman–Crippen MR) is 115 cm³/mol. The molecular weight excluding hydrogens is 364 g/mol. The van der Waals surface area contributed by atoms with E-state index in [-0.39, 0.29) is 11.8 Å². The van der Waals surface area contributed by atoms with Crippen molar-refractivity contribution < 1.29 is 14.3 Å². The van der Waals surface area contributed by atoms with Crippen molar-refractivity contribution in [3.8, 4) is 5.75 Å². The maximum absolute atomic E-state index is 12.6. The van der Waals surface area contributed by atoms with E-state index in [4.69, 9.17) is 4.74 Å². The lowest BCUT2D eigenvalue weighted by atomic mass is 9.98. The third kappa shape index (κ3) is 5.59. The summed E-state index contributed by atoms with van der Waals surface area (Å²) < 4.78 is 5.86. The van der Waals surface area contributed by atoms with Gasteiger partial charge in [-0.1, -0.05) is 26.0 Å². The van der Waals surface area contributed by atoms with Crippen LogP contribution in [0.5, 0.6) is 5.75 Å². The number of ether oxygens (including phenoxy) is 1. The molecule has 2 amide bonds. The molecule has 1 fully saturated rings. The largest absolute Gasteiger partial charge is 0.481 e. The van der Waals surface area contributed by atoms with E-state index in [0.717, 1.165) is 31.5 Å². The Morgan fingerprint density at radius 2 is 1.83 bits per heavy atom. The number of amides is 2. The average Bonchev–Trinajstić information content (AvgIpc) is 2.72. The second kappa shape index (κ2) is 9.59. The number of aryl methyl sites for hydroxylation is 1. The molecule has 1 heterocycles. The Bertz CT molecular complexity index is 839. The SMILES string of the molecule is CCC(Oc1cccc(C)c1)C(=O)Nc1ccc(C(=O)N2CCC(C)CC2)cc1. The summed E-state index contributed by atoms with van der Waals surface area (Å²) in [5, 5.41) is 2.89. The van der Waals surface area contributed by atoms with Crippen LogP contribution >= 0.6 is 0 Å². The highest BCUT2D eigenvalue weighted by Gasteiger charge is 2.22. The third-order valence-electron chi connectivity index (χ3n) is 5.40. The molecule has 0 aliphatic carbocycles. The lowest BCUT2D eigenvalue weighted by molar-refractivity contribution is -0.122. The van der Waals surface area contributed by atoms with Gasteiger partial charge in [0.1, 0.15) is 5.75 Å². The van der Waals surface area contributed by atoms with E-state index in [1.54, 1.807) is 24.3 Å². The first-order valence-electron chi connectivity index (χ1n) is 10.4. The fourth-order valence-electron chi connectivity index (χ4n) is 3.49. The average molecular weight is 395 g/mol. The minimum atomic E-state index is -0.576. The van der Waals surface area contributed by atoms with Crippen molar-refractivity contribution in [2.75, 3.05) is 18.4 Å². The summed E-state index contributed by atoms with van der Waals surface area (Å²) in [6.45, 7) is 7.76. The van der Waals surface area contributed by atoms with E-state index < -0.39 is 6.10 Å². The Kier molecular flexibility index (Phi) is 6.91. The zero-order chi connectivity index (χ0) is 20.8. The number of likely N-dealkylation sites (tertiary alicyclic amines) is 1. The highest BCUT2D eigenvalue weighted by Crippen LogP contribution is 2.20. The zero-order valence-corrected chi connectivity index (χ0v) is 17.5. The first kappa shape index (κ1) is 20.9. The summed E-state index contributed by atoms with van der Waals surface area (Å²) in [5.41, 5.74) is 2.40. The Balaban J connectivity index is 1.59. The Morgan fingerprint density at radius 1 is 1.14 bits per heavy atom. The van der Waals surface area contributed by atoms with Crippen molar-refractivity contribution in [3.05, 3.63) is 59.7 Å². The Labute approximate surface area is 173 Å². The fourth-order valence-corrected chi connectivity index (χ4v) is 3.49. The molecule has 1 N–H and O–H groups in total. The predicted octanol–water partition coefficient (Wildman–Crippen LogP) is 4.66. The minimum Gasteiger partial charge on any atom is -0.481 e. The van der Waals surface area contributed by atoms with Crippen LogP contribution in [0.3, 0.4) is 0 Å². The molecule has 5 heteroatoms. The van der Waals surface area contributed by atoms with Crippen LogP contribution in [0, 0.1) is 12.8 Å². The van der Waals surface area contributed by atoms with Gasteiger partial charge in [0.15, 0.2) is 6.10 Å². The summed E-state index contributed by atoms with van der Waals surface area (Å²) in [6.07, 6.45) is 2.09. The molecule has 5 nitrogen and oxygen atoms in total. The number of hydrogen-bond donors (Lipinski definition) is 1. The summed E-state index contributed by atoms with van der Waals surface area (Å²) in [5.74, 6) is 1.23. The molecule has 1 unspecified atom stereocenters. The monoisotopic (exact) mass is 394 g/mol. The quantitative estimate of drug-likeness (QED) is 0.775. The van der Waals surface area contributed by atoms with E-state index in [1.165, 1.54) is 0 Å². The molecular formula is C24H30N2O3. The van der Waals surface area contributed by atoms with Crippen molar-refractivity contribution in [3.63, 3.8) is 0 Å². The lowest BCUT2D eigenvalue weighted by Gasteiger charge is -2.30. The van der Waals surface area contributed by atoms with Gasteiger partial charge in [-0.2, -0.15) is 0 Å². The molecule has 3 rings (SSSR count). The van der Waals surface area contributed by atoms with E-state index in [1.807, 2.05) is 43.0 Å². The fraction of sp³-hybridized carbons (Fsp3) is 0.417. The number of piperidine rings is 1. The van der Waals surface area contributed by atoms with Crippen LogP contribution in [-0.2, 0) is 4.79 Å². The van der Waals surface area contributed by atoms with Crippen molar-refractivity contribution in [2.24, 2.45) is 5.92 Å². The summed E-state index contributed by atoms with van der Waals surface area (Å²) in [4.78, 5) is 27.2. The molecule has 29 heavy (non-hydrogen) atoms. The van der Waals surface area contributed by atoms with Gasteiger partial charge in [0.2, 0.25) is 0 Å². The topological polar surface area (TPSA) is 58.6 Å². The van der Waals surface area contributed by atoms with E-state index in [0.29, 0.717) is 29.3 Å². The minimum absolute atomic E-state index is 0.0593. The smallest absolute Gasteiger partial charge is 0.265 e. The highest BCUT2D eigenvalue weighted by molar-refractivity contribution is 5.97. The Hall–Kier alpha value is -2.82. The van der Waals surface area contributed by atoms with Gasteiger partial charge in [-0.05, 0) is 74.1 Å². The van der Waals surface area contributed by atoms with Crippen LogP contribution < -0.4 is 10.1 Å². The number of anilines is 1. The molecule has 0 saturated carbocycles. The van der Waals surface area contributed by atoms with Crippen LogP contribution in [0.2, 0.25) is 0 Å². The molecule has 1 saturated heterocycles. The lowest BCUT2D eigenvalue weighted by Crippen LogP contribution is -2.37. The summed E-state index contributed by atoms with van der Waals surface area (Å²) >= 11 is 0. The van der Waals surface area contributed by atoms with Gasteiger partial charge in [-0.3, -0.25) is 9.59 Å². The van der Waals surface area contributed by atoms with Gasteiger partial charge in [0.05, 0.1) is 0 Å². The van der Waals surface area contributed by atoms with Crippen LogP contribution in [0.4, 0.5) is 5.69 Å². The van der Waals surface area contributed by atoms with Gasteiger partial charge in [0.25, 0.3) is 11.8 Å². The first-order chi connectivity index (χ1) is 14.0. The molecule has 2 aromatic carbocycles. The second-order valence-corrected chi connectivity index (χ2v) is 7.87. The molecule has 0 spiro atoms. The second-order valence-electron chi connectivity index (χ2n) is 7.87. The summed E-state index contributed by atoms with van der Waals surface area (Å²) in [6, 6.07) is 14.8. The van der Waals surface area contributed by atoms with Crippen LogP contribution in [0.15, 0.2) is 48.5 Å². The molecule has 1 aliphatic heterocycles. The van der Waals surface area contributed by atoms with Gasteiger partial charge < -0.3 is 15.0 Å². The van der Waals surface area contributed by atoms with Crippen molar-refractivity contribution in [2.45, 2.75) is 46.1 Å². The summed E-state index contributed by atoms with van der Waals surface area (Å²) in [7, 11) is 0. The Morgan fingerprint density at radius 3 is 2.45 bits per heavy atom. The number of nitrogens with zero attached hydrogens (tertiary/aromatic N) is 1. The molecule has 154 valence electrons. The van der Waals surface area contributed by atoms with Gasteiger partial charge >= 0.3 is 0 Å². The van der Waals surface area contributed by atoms with Crippen molar-refractivity contribution in [1.29, 1.82) is 0 Å². The van der Waals surface area contributed by atoms with Gasteiger partial charge in [-0.15, -0.1) is 0 Å². The highest BCUT2D eigenvalue weighted by atomic mass is 16.5. The van der Waals surface area contributed by atoms with Crippen LogP contribution in [-0.4, -0.2) is 35.9 Å². The van der Waals surface area contributed by atoms with Crippen molar-refractivity contribution in [1.82, 2.24) is 4.90 Å². The van der Waals surface area contributed by atoms with E-state index in [2.05, 4.69) is 12.2 Å². The van der Waals surface area contributed by atoms with E-state index >= 15 is 0 Å². The number of benzene rings is 2. The van der Waals surface area contributed by atoms with Crippen molar-refractivity contribution >= 4 is 17.5 Å². The number of carbonyl (C=O) groups excluding carboxylic acids is 2. The molecule has 1 aliphatic rings. The molecule has 0 bridgehead atoms. The van der Waals surface area contributed by atoms with Crippen LogP contribution in [0.1, 0.15) is 49.0 Å². The molecule has 0 aromatic heterocycles. The molecule has 2 aromatic rings. The molecule has 1 atom stereocenters. The number of hydrogen-bond acceptors (Lipinski definition) is 3. The van der Waals surface area contributed by atoms with Gasteiger partial charge in [-0.25, -0.2) is 0 Å². The molecule has 0 radical (unpaired) electrons. The maximum atomic E-state index is 12.6. The standard InChI is InChI=1S/C24H30N2O3/c1-4-22(29-21-7-5-6-18(3)16-21)23(27)25-20-10-8-19(9-11-20)24(28)26-14-12-17(2)13-15-26/h5-11,16-17,22H,4,12-15H2,1-3H3,(H,25,27). The number of rotatable bonds is 6. The van der Waals surface area contributed by atoms with Gasteiger partial charge in [0, 0.05) is 24.3 Å². The number of nitrogens with one attached hydrogen (secondary N) is 1. The first-order valence-corrected chi connectivity index (χ1v) is 10.4. The normalized spacial score (nSPS) is 15.6. The van der Waals surface area contributed by atoms with E-state index in [9.17, 15) is 9.59 Å². The maximum Gasteiger partial charge on any atom is 0.265 e. The number of carbonyl (C=O) groups is 2.